The lowest BCUT2D eigenvalue weighted by atomic mass is 10.1. The number of nitrogens with one attached hydrogen (secondary N) is 1. The van der Waals surface area contributed by atoms with Gasteiger partial charge in [-0.05, 0) is 62.1 Å². The normalized spacial score (nSPS) is 12.1. The lowest BCUT2D eigenvalue weighted by Crippen LogP contribution is -2.26. The minimum absolute atomic E-state index is 0.0525. The Balaban J connectivity index is 1.67. The zero-order valence-corrected chi connectivity index (χ0v) is 19.7. The molecule has 0 fully saturated rings. The van der Waals surface area contributed by atoms with E-state index in [2.05, 4.69) is 47.6 Å². The number of rotatable bonds is 7. The third-order valence-electron chi connectivity index (χ3n) is 5.56. The molecule has 1 amide bonds. The Kier molecular flexibility index (Phi) is 6.61. The number of aryl methyl sites for hydroxylation is 3. The number of thioether (sulfide) groups is 1. The minimum atomic E-state index is -0.407. The number of hydrogen-bond donors (Lipinski definition) is 1. The van der Waals surface area contributed by atoms with Crippen molar-refractivity contribution in [1.29, 1.82) is 0 Å². The third kappa shape index (κ3) is 4.70. The standard InChI is InChI=1S/C26H28N4OS/c1-5-23(25(31)28-22-15-18(3)8-11-19(22)4)30-24-21(7-6-14-27-24)29-26(30)32-16-20-12-9-17(2)10-13-20/h6-15,23H,5,16H2,1-4H3,(H,28,31)/t23-/m1/s1. The van der Waals surface area contributed by atoms with E-state index >= 15 is 0 Å². The Morgan fingerprint density at radius 2 is 1.81 bits per heavy atom. The van der Waals surface area contributed by atoms with Gasteiger partial charge in [0.1, 0.15) is 11.6 Å². The molecule has 32 heavy (non-hydrogen) atoms. The van der Waals surface area contributed by atoms with Crippen molar-refractivity contribution in [3.63, 3.8) is 0 Å². The summed E-state index contributed by atoms with van der Waals surface area (Å²) in [5, 5.41) is 3.95. The predicted octanol–water partition coefficient (Wildman–Crippen LogP) is 6.24. The van der Waals surface area contributed by atoms with Crippen LogP contribution in [0.4, 0.5) is 5.69 Å². The molecule has 0 aliphatic rings. The van der Waals surface area contributed by atoms with Gasteiger partial charge >= 0.3 is 0 Å². The lowest BCUT2D eigenvalue weighted by Gasteiger charge is -2.20. The molecule has 0 bridgehead atoms. The maximum atomic E-state index is 13.4. The first kappa shape index (κ1) is 22.1. The van der Waals surface area contributed by atoms with Crippen molar-refractivity contribution in [3.8, 4) is 0 Å². The van der Waals surface area contributed by atoms with Gasteiger partial charge in [-0.15, -0.1) is 0 Å². The molecule has 5 nitrogen and oxygen atoms in total. The zero-order valence-electron chi connectivity index (χ0n) is 18.9. The Labute approximate surface area is 193 Å². The van der Waals surface area contributed by atoms with Crippen LogP contribution in [0.25, 0.3) is 11.2 Å². The summed E-state index contributed by atoms with van der Waals surface area (Å²) in [6, 6.07) is 18.0. The first-order valence-corrected chi connectivity index (χ1v) is 11.8. The number of benzene rings is 2. The number of carbonyl (C=O) groups is 1. The van der Waals surface area contributed by atoms with Crippen molar-refractivity contribution in [3.05, 3.63) is 83.0 Å². The maximum absolute atomic E-state index is 13.4. The van der Waals surface area contributed by atoms with Crippen LogP contribution in [0.2, 0.25) is 0 Å². The summed E-state index contributed by atoms with van der Waals surface area (Å²) in [5.41, 5.74) is 7.01. The highest BCUT2D eigenvalue weighted by molar-refractivity contribution is 7.98. The quantitative estimate of drug-likeness (QED) is 0.343. The molecule has 0 aliphatic carbocycles. The average Bonchev–Trinajstić information content (AvgIpc) is 3.15. The molecule has 2 aromatic heterocycles. The molecule has 164 valence electrons. The van der Waals surface area contributed by atoms with Gasteiger partial charge in [0, 0.05) is 17.6 Å². The molecule has 4 aromatic rings. The number of aromatic nitrogens is 3. The highest BCUT2D eigenvalue weighted by Crippen LogP contribution is 2.31. The number of hydrogen-bond acceptors (Lipinski definition) is 4. The van der Waals surface area contributed by atoms with E-state index in [9.17, 15) is 4.79 Å². The monoisotopic (exact) mass is 444 g/mol. The Morgan fingerprint density at radius 3 is 2.56 bits per heavy atom. The van der Waals surface area contributed by atoms with Crippen molar-refractivity contribution < 1.29 is 4.79 Å². The van der Waals surface area contributed by atoms with Crippen LogP contribution >= 0.6 is 11.8 Å². The van der Waals surface area contributed by atoms with Crippen LogP contribution in [0.1, 0.15) is 41.6 Å². The largest absolute Gasteiger partial charge is 0.324 e. The molecule has 0 unspecified atom stereocenters. The fourth-order valence-corrected chi connectivity index (χ4v) is 4.70. The smallest absolute Gasteiger partial charge is 0.247 e. The second-order valence-electron chi connectivity index (χ2n) is 8.12. The van der Waals surface area contributed by atoms with Crippen LogP contribution in [0.15, 0.2) is 66.0 Å². The van der Waals surface area contributed by atoms with E-state index in [1.54, 1.807) is 18.0 Å². The van der Waals surface area contributed by atoms with Gasteiger partial charge in [-0.3, -0.25) is 9.36 Å². The second kappa shape index (κ2) is 9.57. The number of pyridine rings is 1. The Bertz CT molecular complexity index is 1250. The van der Waals surface area contributed by atoms with Gasteiger partial charge in [0.15, 0.2) is 10.8 Å². The second-order valence-corrected chi connectivity index (χ2v) is 9.06. The van der Waals surface area contributed by atoms with E-state index in [1.165, 1.54) is 11.1 Å². The molecule has 2 aromatic carbocycles. The molecule has 0 radical (unpaired) electrons. The highest BCUT2D eigenvalue weighted by atomic mass is 32.2. The van der Waals surface area contributed by atoms with Gasteiger partial charge in [0.05, 0.1) is 0 Å². The van der Waals surface area contributed by atoms with E-state index in [0.717, 1.165) is 38.9 Å². The molecule has 0 spiro atoms. The topological polar surface area (TPSA) is 59.8 Å². The lowest BCUT2D eigenvalue weighted by molar-refractivity contribution is -0.119. The number of amides is 1. The fourth-order valence-electron chi connectivity index (χ4n) is 3.70. The summed E-state index contributed by atoms with van der Waals surface area (Å²) < 4.78 is 1.99. The number of fused-ring (bicyclic) bond motifs is 1. The van der Waals surface area contributed by atoms with Gasteiger partial charge in [0.25, 0.3) is 0 Å². The number of nitrogens with zero attached hydrogens (tertiary/aromatic N) is 3. The first-order chi connectivity index (χ1) is 15.5. The summed E-state index contributed by atoms with van der Waals surface area (Å²) in [5.74, 6) is 0.724. The van der Waals surface area contributed by atoms with Crippen LogP contribution in [-0.4, -0.2) is 20.4 Å². The molecular formula is C26H28N4OS. The van der Waals surface area contributed by atoms with Crippen LogP contribution in [-0.2, 0) is 10.5 Å². The number of imidazole rings is 1. The van der Waals surface area contributed by atoms with Crippen molar-refractivity contribution in [2.45, 2.75) is 51.1 Å². The molecule has 0 aliphatic heterocycles. The van der Waals surface area contributed by atoms with Crippen molar-refractivity contribution in [1.82, 2.24) is 14.5 Å². The molecule has 0 saturated carbocycles. The van der Waals surface area contributed by atoms with Gasteiger partial charge in [-0.2, -0.15) is 0 Å². The van der Waals surface area contributed by atoms with Gasteiger partial charge in [-0.25, -0.2) is 9.97 Å². The summed E-state index contributed by atoms with van der Waals surface area (Å²) in [7, 11) is 0. The Morgan fingerprint density at radius 1 is 1.06 bits per heavy atom. The SMILES string of the molecule is CC[C@H](C(=O)Nc1cc(C)ccc1C)n1c(SCc2ccc(C)cc2)nc2cccnc21. The Hall–Kier alpha value is -3.12. The third-order valence-corrected chi connectivity index (χ3v) is 6.58. The van der Waals surface area contributed by atoms with E-state index < -0.39 is 6.04 Å². The molecule has 4 rings (SSSR count). The van der Waals surface area contributed by atoms with Crippen molar-refractivity contribution >= 4 is 34.5 Å². The minimum Gasteiger partial charge on any atom is -0.324 e. The summed E-state index contributed by atoms with van der Waals surface area (Å²) >= 11 is 1.64. The molecule has 6 heteroatoms. The van der Waals surface area contributed by atoms with Crippen LogP contribution in [0.3, 0.4) is 0 Å². The predicted molar refractivity (Wildman–Crippen MR) is 132 cm³/mol. The van der Waals surface area contributed by atoms with E-state index in [0.29, 0.717) is 6.42 Å². The van der Waals surface area contributed by atoms with Crippen molar-refractivity contribution in [2.24, 2.45) is 0 Å². The molecule has 2 heterocycles. The highest BCUT2D eigenvalue weighted by Gasteiger charge is 2.25. The van der Waals surface area contributed by atoms with Crippen LogP contribution < -0.4 is 5.32 Å². The van der Waals surface area contributed by atoms with E-state index in [-0.39, 0.29) is 5.91 Å². The molecule has 1 N–H and O–H groups in total. The van der Waals surface area contributed by atoms with E-state index in [1.807, 2.05) is 49.6 Å². The average molecular weight is 445 g/mol. The number of anilines is 1. The summed E-state index contributed by atoms with van der Waals surface area (Å²) in [6.45, 7) is 8.14. The summed E-state index contributed by atoms with van der Waals surface area (Å²) in [6.07, 6.45) is 2.39. The first-order valence-electron chi connectivity index (χ1n) is 10.9. The molecule has 0 saturated heterocycles. The number of carbonyl (C=O) groups excluding carboxylic acids is 1. The molecule has 1 atom stereocenters. The fraction of sp³-hybridized carbons (Fsp3) is 0.269. The van der Waals surface area contributed by atoms with Gasteiger partial charge in [0.2, 0.25) is 5.91 Å². The maximum Gasteiger partial charge on any atom is 0.247 e. The van der Waals surface area contributed by atoms with E-state index in [4.69, 9.17) is 4.98 Å². The van der Waals surface area contributed by atoms with Gasteiger partial charge < -0.3 is 5.32 Å². The van der Waals surface area contributed by atoms with Gasteiger partial charge in [-0.1, -0.05) is 60.6 Å². The molecular weight excluding hydrogens is 416 g/mol. The van der Waals surface area contributed by atoms with Crippen LogP contribution in [0, 0.1) is 20.8 Å². The summed E-state index contributed by atoms with van der Waals surface area (Å²) in [4.78, 5) is 22.8. The van der Waals surface area contributed by atoms with Crippen molar-refractivity contribution in [2.75, 3.05) is 5.32 Å². The zero-order chi connectivity index (χ0) is 22.7. The van der Waals surface area contributed by atoms with Crippen LogP contribution in [0.5, 0.6) is 0 Å².